The van der Waals surface area contributed by atoms with Crippen molar-refractivity contribution in [1.82, 2.24) is 10.2 Å². The summed E-state index contributed by atoms with van der Waals surface area (Å²) in [7, 11) is 1.88. The predicted molar refractivity (Wildman–Crippen MR) is 56.4 cm³/mol. The molecular formula is C10H22N2O2. The van der Waals surface area contributed by atoms with Crippen LogP contribution in [0.1, 0.15) is 13.8 Å². The van der Waals surface area contributed by atoms with Crippen molar-refractivity contribution < 1.29 is 9.84 Å². The van der Waals surface area contributed by atoms with E-state index in [1.807, 2.05) is 7.05 Å². The molecule has 1 aliphatic rings. The number of likely N-dealkylation sites (N-methyl/N-ethyl adjacent to an activating group) is 1. The van der Waals surface area contributed by atoms with Gasteiger partial charge < -0.3 is 15.2 Å². The second kappa shape index (κ2) is 5.66. The molecule has 0 amide bonds. The monoisotopic (exact) mass is 202 g/mol. The second-order valence-corrected chi connectivity index (χ2v) is 4.14. The highest BCUT2D eigenvalue weighted by molar-refractivity contribution is 4.77. The Balaban J connectivity index is 2.35. The highest BCUT2D eigenvalue weighted by atomic mass is 16.5. The molecule has 0 saturated carbocycles. The molecule has 1 aliphatic heterocycles. The van der Waals surface area contributed by atoms with E-state index in [4.69, 9.17) is 9.84 Å². The van der Waals surface area contributed by atoms with E-state index in [1.165, 1.54) is 0 Å². The van der Waals surface area contributed by atoms with Gasteiger partial charge in [0.15, 0.2) is 0 Å². The molecule has 0 aliphatic carbocycles. The van der Waals surface area contributed by atoms with Crippen molar-refractivity contribution in [2.45, 2.75) is 32.1 Å². The first kappa shape index (κ1) is 11.9. The molecule has 1 rings (SSSR count). The minimum atomic E-state index is 0.174. The van der Waals surface area contributed by atoms with E-state index in [0.717, 1.165) is 19.6 Å². The molecular weight excluding hydrogens is 180 g/mol. The van der Waals surface area contributed by atoms with Crippen LogP contribution in [0.2, 0.25) is 0 Å². The standard InChI is InChI=1S/C10H22N2O2/c1-8-4-12(5-9(2)14-8)6-10(7-13)11-3/h8-11,13H,4-7H2,1-3H3. The van der Waals surface area contributed by atoms with Crippen molar-refractivity contribution in [3.63, 3.8) is 0 Å². The van der Waals surface area contributed by atoms with Crippen molar-refractivity contribution in [1.29, 1.82) is 0 Å². The van der Waals surface area contributed by atoms with E-state index in [1.54, 1.807) is 0 Å². The SMILES string of the molecule is CNC(CO)CN1CC(C)OC(C)C1. The Morgan fingerprint density at radius 2 is 2.00 bits per heavy atom. The number of nitrogens with one attached hydrogen (secondary N) is 1. The molecule has 3 unspecified atom stereocenters. The molecule has 0 bridgehead atoms. The molecule has 0 aromatic carbocycles. The van der Waals surface area contributed by atoms with Gasteiger partial charge >= 0.3 is 0 Å². The third-order valence-electron chi connectivity index (χ3n) is 2.60. The summed E-state index contributed by atoms with van der Waals surface area (Å²) in [5, 5.41) is 12.2. The summed E-state index contributed by atoms with van der Waals surface area (Å²) in [6.45, 7) is 7.19. The number of rotatable bonds is 4. The molecule has 0 radical (unpaired) electrons. The maximum Gasteiger partial charge on any atom is 0.0678 e. The highest BCUT2D eigenvalue weighted by Crippen LogP contribution is 2.10. The van der Waals surface area contributed by atoms with Crippen LogP contribution in [0, 0.1) is 0 Å². The number of aliphatic hydroxyl groups is 1. The molecule has 0 aromatic heterocycles. The molecule has 2 N–H and O–H groups in total. The predicted octanol–water partition coefficient (Wildman–Crippen LogP) is -0.324. The van der Waals surface area contributed by atoms with Crippen LogP contribution in [0.15, 0.2) is 0 Å². The van der Waals surface area contributed by atoms with E-state index >= 15 is 0 Å². The molecule has 3 atom stereocenters. The Kier molecular flexibility index (Phi) is 4.81. The van der Waals surface area contributed by atoms with Gasteiger partial charge in [-0.2, -0.15) is 0 Å². The number of aliphatic hydroxyl groups excluding tert-OH is 1. The zero-order valence-corrected chi connectivity index (χ0v) is 9.36. The van der Waals surface area contributed by atoms with Gasteiger partial charge in [-0.25, -0.2) is 0 Å². The Hall–Kier alpha value is -0.160. The maximum absolute atomic E-state index is 9.07. The van der Waals surface area contributed by atoms with Crippen LogP contribution in [-0.2, 0) is 4.74 Å². The van der Waals surface area contributed by atoms with Crippen molar-refractivity contribution in [3.8, 4) is 0 Å². The first-order valence-corrected chi connectivity index (χ1v) is 5.31. The molecule has 4 heteroatoms. The van der Waals surface area contributed by atoms with Gasteiger partial charge in [0.05, 0.1) is 18.8 Å². The molecule has 1 saturated heterocycles. The Morgan fingerprint density at radius 1 is 1.43 bits per heavy atom. The largest absolute Gasteiger partial charge is 0.395 e. The second-order valence-electron chi connectivity index (χ2n) is 4.14. The van der Waals surface area contributed by atoms with Gasteiger partial charge in [-0.05, 0) is 20.9 Å². The summed E-state index contributed by atoms with van der Waals surface area (Å²) in [4.78, 5) is 2.34. The number of nitrogens with zero attached hydrogens (tertiary/aromatic N) is 1. The van der Waals surface area contributed by atoms with Gasteiger partial charge in [0, 0.05) is 25.7 Å². The van der Waals surface area contributed by atoms with Crippen LogP contribution in [-0.4, -0.2) is 61.5 Å². The fourth-order valence-electron chi connectivity index (χ4n) is 1.99. The van der Waals surface area contributed by atoms with Crippen LogP contribution < -0.4 is 5.32 Å². The normalized spacial score (nSPS) is 31.7. The summed E-state index contributed by atoms with van der Waals surface area (Å²) >= 11 is 0. The quantitative estimate of drug-likeness (QED) is 0.655. The lowest BCUT2D eigenvalue weighted by Crippen LogP contribution is -2.50. The molecule has 1 heterocycles. The molecule has 84 valence electrons. The summed E-state index contributed by atoms with van der Waals surface area (Å²) in [6, 6.07) is 0.174. The van der Waals surface area contributed by atoms with Gasteiger partial charge in [-0.15, -0.1) is 0 Å². The van der Waals surface area contributed by atoms with E-state index in [2.05, 4.69) is 24.1 Å². The van der Waals surface area contributed by atoms with Crippen LogP contribution in [0.5, 0.6) is 0 Å². The lowest BCUT2D eigenvalue weighted by atomic mass is 10.2. The molecule has 4 nitrogen and oxygen atoms in total. The lowest BCUT2D eigenvalue weighted by molar-refractivity contribution is -0.0707. The topological polar surface area (TPSA) is 44.7 Å². The molecule has 14 heavy (non-hydrogen) atoms. The third-order valence-corrected chi connectivity index (χ3v) is 2.60. The average molecular weight is 202 g/mol. The highest BCUT2D eigenvalue weighted by Gasteiger charge is 2.23. The minimum Gasteiger partial charge on any atom is -0.395 e. The van der Waals surface area contributed by atoms with Gasteiger partial charge in [0.25, 0.3) is 0 Å². The van der Waals surface area contributed by atoms with Crippen LogP contribution in [0.3, 0.4) is 0 Å². The van der Waals surface area contributed by atoms with Crippen molar-refractivity contribution in [2.24, 2.45) is 0 Å². The maximum atomic E-state index is 9.07. The average Bonchev–Trinajstić information content (AvgIpc) is 2.12. The van der Waals surface area contributed by atoms with Crippen LogP contribution in [0.4, 0.5) is 0 Å². The summed E-state index contributed by atoms with van der Waals surface area (Å²) in [5.41, 5.74) is 0. The number of morpholine rings is 1. The molecule has 0 spiro atoms. The van der Waals surface area contributed by atoms with E-state index < -0.39 is 0 Å². The zero-order valence-electron chi connectivity index (χ0n) is 9.36. The van der Waals surface area contributed by atoms with Gasteiger partial charge in [-0.3, -0.25) is 4.90 Å². The van der Waals surface area contributed by atoms with Gasteiger partial charge in [0.1, 0.15) is 0 Å². The Bertz CT molecular complexity index is 152. The number of hydrogen-bond acceptors (Lipinski definition) is 4. The smallest absolute Gasteiger partial charge is 0.0678 e. The minimum absolute atomic E-state index is 0.174. The van der Waals surface area contributed by atoms with Crippen LogP contribution >= 0.6 is 0 Å². The fourth-order valence-corrected chi connectivity index (χ4v) is 1.99. The molecule has 1 fully saturated rings. The summed E-state index contributed by atoms with van der Waals surface area (Å²) in [6.07, 6.45) is 0.602. The van der Waals surface area contributed by atoms with Crippen molar-refractivity contribution >= 4 is 0 Å². The Labute approximate surface area is 86.2 Å². The first-order valence-electron chi connectivity index (χ1n) is 5.31. The van der Waals surface area contributed by atoms with E-state index in [9.17, 15) is 0 Å². The lowest BCUT2D eigenvalue weighted by Gasteiger charge is -2.36. The first-order chi connectivity index (χ1) is 6.65. The number of hydrogen-bond donors (Lipinski definition) is 2. The van der Waals surface area contributed by atoms with Crippen LogP contribution in [0.25, 0.3) is 0 Å². The van der Waals surface area contributed by atoms with Crippen molar-refractivity contribution in [3.05, 3.63) is 0 Å². The number of ether oxygens (including phenoxy) is 1. The van der Waals surface area contributed by atoms with E-state index in [0.29, 0.717) is 12.2 Å². The van der Waals surface area contributed by atoms with Gasteiger partial charge in [0.2, 0.25) is 0 Å². The fraction of sp³-hybridized carbons (Fsp3) is 1.00. The summed E-state index contributed by atoms with van der Waals surface area (Å²) in [5.74, 6) is 0. The third kappa shape index (κ3) is 3.53. The Morgan fingerprint density at radius 3 is 2.43 bits per heavy atom. The summed E-state index contributed by atoms with van der Waals surface area (Å²) < 4.78 is 5.64. The van der Waals surface area contributed by atoms with E-state index in [-0.39, 0.29) is 12.6 Å². The van der Waals surface area contributed by atoms with Crippen molar-refractivity contribution in [2.75, 3.05) is 33.3 Å². The zero-order chi connectivity index (χ0) is 10.6. The van der Waals surface area contributed by atoms with Gasteiger partial charge in [-0.1, -0.05) is 0 Å². The molecule has 0 aromatic rings.